The summed E-state index contributed by atoms with van der Waals surface area (Å²) in [4.78, 5) is 11.8. The molecule has 0 spiro atoms. The lowest BCUT2D eigenvalue weighted by atomic mass is 9.95. The molecular weight excluding hydrogens is 188 g/mol. The molecule has 3 nitrogen and oxygen atoms in total. The van der Waals surface area contributed by atoms with Gasteiger partial charge >= 0.3 is 0 Å². The topological polar surface area (TPSA) is 55.1 Å². The molecule has 0 aromatic heterocycles. The zero-order valence-electron chi connectivity index (χ0n) is 10.8. The molecule has 3 heteroatoms. The third-order valence-corrected chi connectivity index (χ3v) is 2.90. The molecule has 0 aromatic rings. The van der Waals surface area contributed by atoms with Crippen LogP contribution in [0.15, 0.2) is 0 Å². The molecule has 0 saturated carbocycles. The SMILES string of the molecule is CCCC(C)(C)NC(=O)[C@@H](N)[C@@H](C)CC. The second kappa shape index (κ2) is 6.11. The second-order valence-electron chi connectivity index (χ2n) is 5.03. The van der Waals surface area contributed by atoms with Gasteiger partial charge in [-0.1, -0.05) is 33.6 Å². The van der Waals surface area contributed by atoms with E-state index in [-0.39, 0.29) is 23.4 Å². The molecule has 2 atom stereocenters. The zero-order valence-corrected chi connectivity index (χ0v) is 10.8. The average Bonchev–Trinajstić information content (AvgIpc) is 2.14. The Morgan fingerprint density at radius 2 is 1.93 bits per heavy atom. The first-order valence-electron chi connectivity index (χ1n) is 5.91. The van der Waals surface area contributed by atoms with Crippen LogP contribution in [0.25, 0.3) is 0 Å². The smallest absolute Gasteiger partial charge is 0.237 e. The van der Waals surface area contributed by atoms with Crippen LogP contribution in [-0.2, 0) is 4.79 Å². The summed E-state index contributed by atoms with van der Waals surface area (Å²) in [6, 6.07) is -0.383. The van der Waals surface area contributed by atoms with Gasteiger partial charge in [-0.05, 0) is 26.2 Å². The fourth-order valence-electron chi connectivity index (χ4n) is 1.62. The molecule has 90 valence electrons. The lowest BCUT2D eigenvalue weighted by Gasteiger charge is -2.29. The van der Waals surface area contributed by atoms with Crippen molar-refractivity contribution >= 4 is 5.91 Å². The van der Waals surface area contributed by atoms with Crippen LogP contribution in [0.1, 0.15) is 53.9 Å². The molecule has 15 heavy (non-hydrogen) atoms. The summed E-state index contributed by atoms with van der Waals surface area (Å²) in [7, 11) is 0. The van der Waals surface area contributed by atoms with Gasteiger partial charge in [0.15, 0.2) is 0 Å². The fourth-order valence-corrected chi connectivity index (χ4v) is 1.62. The highest BCUT2D eigenvalue weighted by Crippen LogP contribution is 2.12. The summed E-state index contributed by atoms with van der Waals surface area (Å²) in [5.74, 6) is 0.213. The highest BCUT2D eigenvalue weighted by molar-refractivity contribution is 5.82. The Kier molecular flexibility index (Phi) is 5.88. The number of carbonyl (C=O) groups is 1. The molecule has 0 fully saturated rings. The molecule has 0 radical (unpaired) electrons. The molecule has 0 aliphatic rings. The van der Waals surface area contributed by atoms with Gasteiger partial charge in [0.1, 0.15) is 0 Å². The zero-order chi connectivity index (χ0) is 12.1. The van der Waals surface area contributed by atoms with Crippen molar-refractivity contribution < 1.29 is 4.79 Å². The summed E-state index contributed by atoms with van der Waals surface area (Å²) in [6.45, 7) is 10.3. The quantitative estimate of drug-likeness (QED) is 0.711. The van der Waals surface area contributed by atoms with Crippen molar-refractivity contribution in [3.63, 3.8) is 0 Å². The molecule has 0 bridgehead atoms. The summed E-state index contributed by atoms with van der Waals surface area (Å²) in [5.41, 5.74) is 5.72. The first kappa shape index (κ1) is 14.4. The monoisotopic (exact) mass is 214 g/mol. The fraction of sp³-hybridized carbons (Fsp3) is 0.917. The van der Waals surface area contributed by atoms with Crippen molar-refractivity contribution in [1.29, 1.82) is 0 Å². The minimum atomic E-state index is -0.383. The van der Waals surface area contributed by atoms with Crippen molar-refractivity contribution in [2.45, 2.75) is 65.5 Å². The maximum Gasteiger partial charge on any atom is 0.237 e. The molecule has 0 aliphatic carbocycles. The van der Waals surface area contributed by atoms with E-state index in [0.717, 1.165) is 19.3 Å². The molecule has 0 unspecified atom stereocenters. The molecule has 0 saturated heterocycles. The normalized spacial score (nSPS) is 15.9. The summed E-state index contributed by atoms with van der Waals surface area (Å²) < 4.78 is 0. The molecule has 0 aromatic carbocycles. The van der Waals surface area contributed by atoms with Crippen LogP contribution < -0.4 is 11.1 Å². The van der Waals surface area contributed by atoms with Crippen LogP contribution in [0.5, 0.6) is 0 Å². The van der Waals surface area contributed by atoms with E-state index in [1.165, 1.54) is 0 Å². The Balaban J connectivity index is 4.23. The molecular formula is C12H26N2O. The van der Waals surface area contributed by atoms with Crippen LogP contribution >= 0.6 is 0 Å². The Bertz CT molecular complexity index is 202. The Morgan fingerprint density at radius 1 is 1.40 bits per heavy atom. The lowest BCUT2D eigenvalue weighted by molar-refractivity contribution is -0.125. The summed E-state index contributed by atoms with van der Waals surface area (Å²) >= 11 is 0. The maximum absolute atomic E-state index is 11.8. The number of nitrogens with two attached hydrogens (primary N) is 1. The second-order valence-corrected chi connectivity index (χ2v) is 5.03. The number of nitrogens with one attached hydrogen (secondary N) is 1. The highest BCUT2D eigenvalue weighted by atomic mass is 16.2. The van der Waals surface area contributed by atoms with Gasteiger partial charge in [-0.15, -0.1) is 0 Å². The standard InChI is InChI=1S/C12H26N2O/c1-6-8-12(4,5)14-11(15)10(13)9(3)7-2/h9-10H,6-8,13H2,1-5H3,(H,14,15)/t9-,10-/m0/s1. The van der Waals surface area contributed by atoms with E-state index in [4.69, 9.17) is 5.73 Å². The predicted octanol–water partition coefficient (Wildman–Crippen LogP) is 2.05. The van der Waals surface area contributed by atoms with Gasteiger partial charge in [0.25, 0.3) is 0 Å². The van der Waals surface area contributed by atoms with Crippen molar-refractivity contribution in [3.8, 4) is 0 Å². The Morgan fingerprint density at radius 3 is 2.33 bits per heavy atom. The third kappa shape index (κ3) is 5.17. The van der Waals surface area contributed by atoms with E-state index in [9.17, 15) is 4.79 Å². The molecule has 1 amide bonds. The number of hydrogen-bond donors (Lipinski definition) is 2. The van der Waals surface area contributed by atoms with Gasteiger partial charge in [0.05, 0.1) is 6.04 Å². The average molecular weight is 214 g/mol. The van der Waals surface area contributed by atoms with Crippen molar-refractivity contribution in [2.24, 2.45) is 11.7 Å². The van der Waals surface area contributed by atoms with E-state index >= 15 is 0 Å². The third-order valence-electron chi connectivity index (χ3n) is 2.90. The Labute approximate surface area is 93.8 Å². The van der Waals surface area contributed by atoms with Crippen molar-refractivity contribution in [1.82, 2.24) is 5.32 Å². The lowest BCUT2D eigenvalue weighted by Crippen LogP contribution is -2.52. The maximum atomic E-state index is 11.8. The largest absolute Gasteiger partial charge is 0.350 e. The van der Waals surface area contributed by atoms with Gasteiger partial charge in [-0.3, -0.25) is 4.79 Å². The van der Waals surface area contributed by atoms with E-state index in [1.807, 2.05) is 20.8 Å². The van der Waals surface area contributed by atoms with E-state index in [2.05, 4.69) is 19.2 Å². The minimum Gasteiger partial charge on any atom is -0.350 e. The highest BCUT2D eigenvalue weighted by Gasteiger charge is 2.25. The van der Waals surface area contributed by atoms with Crippen LogP contribution in [0.2, 0.25) is 0 Å². The van der Waals surface area contributed by atoms with Crippen LogP contribution in [0.4, 0.5) is 0 Å². The van der Waals surface area contributed by atoms with Gasteiger partial charge in [-0.25, -0.2) is 0 Å². The van der Waals surface area contributed by atoms with Crippen molar-refractivity contribution in [2.75, 3.05) is 0 Å². The van der Waals surface area contributed by atoms with Gasteiger partial charge in [0, 0.05) is 5.54 Å². The Hall–Kier alpha value is -0.570. The van der Waals surface area contributed by atoms with Crippen LogP contribution in [-0.4, -0.2) is 17.5 Å². The first-order valence-corrected chi connectivity index (χ1v) is 5.91. The van der Waals surface area contributed by atoms with Crippen LogP contribution in [0, 0.1) is 5.92 Å². The van der Waals surface area contributed by atoms with Gasteiger partial charge in [-0.2, -0.15) is 0 Å². The number of amides is 1. The van der Waals surface area contributed by atoms with E-state index in [1.54, 1.807) is 0 Å². The molecule has 3 N–H and O–H groups in total. The number of hydrogen-bond acceptors (Lipinski definition) is 2. The van der Waals surface area contributed by atoms with Crippen LogP contribution in [0.3, 0.4) is 0 Å². The first-order chi connectivity index (χ1) is 6.84. The minimum absolute atomic E-state index is 0.0252. The van der Waals surface area contributed by atoms with E-state index < -0.39 is 0 Å². The number of rotatable bonds is 6. The number of carbonyl (C=O) groups excluding carboxylic acids is 1. The van der Waals surface area contributed by atoms with Gasteiger partial charge in [0.2, 0.25) is 5.91 Å². The molecule has 0 heterocycles. The summed E-state index contributed by atoms with van der Waals surface area (Å²) in [6.07, 6.45) is 2.97. The molecule has 0 rings (SSSR count). The summed E-state index contributed by atoms with van der Waals surface area (Å²) in [5, 5.41) is 3.01. The van der Waals surface area contributed by atoms with Crippen molar-refractivity contribution in [3.05, 3.63) is 0 Å². The molecule has 0 aliphatic heterocycles. The van der Waals surface area contributed by atoms with Gasteiger partial charge < -0.3 is 11.1 Å². The van der Waals surface area contributed by atoms with E-state index in [0.29, 0.717) is 0 Å². The predicted molar refractivity (Wildman–Crippen MR) is 64.6 cm³/mol.